The number of piperazine rings is 1. The third kappa shape index (κ3) is 3.34. The molecule has 3 heterocycles. The third-order valence-corrected chi connectivity index (χ3v) is 3.70. The summed E-state index contributed by atoms with van der Waals surface area (Å²) in [4.78, 5) is 27.5. The van der Waals surface area contributed by atoms with Crippen molar-refractivity contribution in [2.75, 3.05) is 43.4 Å². The van der Waals surface area contributed by atoms with Crippen molar-refractivity contribution in [3.8, 4) is 0 Å². The van der Waals surface area contributed by atoms with E-state index in [1.54, 1.807) is 24.4 Å². The van der Waals surface area contributed by atoms with Gasteiger partial charge in [0.1, 0.15) is 12.1 Å². The zero-order valence-electron chi connectivity index (χ0n) is 12.7. The fourth-order valence-electron chi connectivity index (χ4n) is 2.44. The molecule has 1 aliphatic rings. The van der Waals surface area contributed by atoms with Crippen molar-refractivity contribution in [3.63, 3.8) is 0 Å². The molecule has 1 aliphatic heterocycles. The summed E-state index contributed by atoms with van der Waals surface area (Å²) < 4.78 is 0. The highest BCUT2D eigenvalue weighted by Gasteiger charge is 2.28. The predicted molar refractivity (Wildman–Crippen MR) is 85.9 cm³/mol. The van der Waals surface area contributed by atoms with E-state index in [4.69, 9.17) is 0 Å². The van der Waals surface area contributed by atoms with Crippen LogP contribution in [-0.4, -0.2) is 58.0 Å². The first-order valence-corrected chi connectivity index (χ1v) is 7.26. The molecule has 9 nitrogen and oxygen atoms in total. The Balaban J connectivity index is 1.94. The Labute approximate surface area is 133 Å². The summed E-state index contributed by atoms with van der Waals surface area (Å²) in [5.41, 5.74) is -0.122. The van der Waals surface area contributed by atoms with E-state index in [2.05, 4.69) is 25.2 Å². The van der Waals surface area contributed by atoms with E-state index in [0.29, 0.717) is 24.7 Å². The van der Waals surface area contributed by atoms with E-state index < -0.39 is 4.92 Å². The molecule has 0 amide bonds. The Kier molecular flexibility index (Phi) is 4.29. The topological polar surface area (TPSA) is 100 Å². The van der Waals surface area contributed by atoms with Crippen LogP contribution in [0.4, 0.5) is 23.1 Å². The normalized spacial score (nSPS) is 15.4. The fraction of sp³-hybridized carbons (Fsp3) is 0.357. The molecule has 0 aromatic carbocycles. The second-order valence-electron chi connectivity index (χ2n) is 5.28. The third-order valence-electron chi connectivity index (χ3n) is 3.70. The number of anilines is 3. The Bertz CT molecular complexity index is 687. The van der Waals surface area contributed by atoms with Gasteiger partial charge >= 0.3 is 5.69 Å². The molecule has 2 aromatic heterocycles. The van der Waals surface area contributed by atoms with Crippen LogP contribution >= 0.6 is 0 Å². The number of nitro groups is 1. The van der Waals surface area contributed by atoms with Gasteiger partial charge < -0.3 is 15.1 Å². The van der Waals surface area contributed by atoms with Crippen LogP contribution in [0.25, 0.3) is 0 Å². The van der Waals surface area contributed by atoms with Gasteiger partial charge in [-0.3, -0.25) is 10.1 Å². The largest absolute Gasteiger partial charge is 0.353 e. The predicted octanol–water partition coefficient (Wildman–Crippen LogP) is 1.28. The first-order chi connectivity index (χ1) is 11.1. The van der Waals surface area contributed by atoms with Crippen LogP contribution in [0.5, 0.6) is 0 Å². The molecule has 120 valence electrons. The number of pyridine rings is 1. The smallest absolute Gasteiger partial charge is 0.348 e. The highest BCUT2D eigenvalue weighted by molar-refractivity contribution is 5.73. The summed E-state index contributed by atoms with van der Waals surface area (Å²) >= 11 is 0. The van der Waals surface area contributed by atoms with Gasteiger partial charge in [-0.05, 0) is 19.2 Å². The van der Waals surface area contributed by atoms with Crippen molar-refractivity contribution in [1.29, 1.82) is 0 Å². The molecule has 1 saturated heterocycles. The zero-order chi connectivity index (χ0) is 16.2. The molecule has 3 rings (SSSR count). The molecule has 0 radical (unpaired) electrons. The molecule has 0 bridgehead atoms. The average Bonchev–Trinajstić information content (AvgIpc) is 2.56. The van der Waals surface area contributed by atoms with Gasteiger partial charge in [-0.2, -0.15) is 0 Å². The first-order valence-electron chi connectivity index (χ1n) is 7.26. The summed E-state index contributed by atoms with van der Waals surface area (Å²) in [5, 5.41) is 14.5. The molecule has 0 spiro atoms. The lowest BCUT2D eigenvalue weighted by Crippen LogP contribution is -2.45. The molecule has 9 heteroatoms. The van der Waals surface area contributed by atoms with Crippen molar-refractivity contribution in [1.82, 2.24) is 19.9 Å². The summed E-state index contributed by atoms with van der Waals surface area (Å²) in [5.74, 6) is 0.993. The van der Waals surface area contributed by atoms with Crippen molar-refractivity contribution in [2.24, 2.45) is 0 Å². The SMILES string of the molecule is CN1CCN(c2ncnc(Nc3ccccn3)c2[N+](=O)[O-])CC1. The lowest BCUT2D eigenvalue weighted by Gasteiger charge is -2.32. The molecule has 0 aliphatic carbocycles. The Hall–Kier alpha value is -2.81. The molecule has 0 atom stereocenters. The Morgan fingerprint density at radius 3 is 2.61 bits per heavy atom. The summed E-state index contributed by atoms with van der Waals surface area (Å²) in [6.07, 6.45) is 2.95. The van der Waals surface area contributed by atoms with Crippen LogP contribution in [0.2, 0.25) is 0 Å². The van der Waals surface area contributed by atoms with Gasteiger partial charge in [0.15, 0.2) is 0 Å². The van der Waals surface area contributed by atoms with Gasteiger partial charge in [0.05, 0.1) is 4.92 Å². The monoisotopic (exact) mass is 315 g/mol. The van der Waals surface area contributed by atoms with Gasteiger partial charge in [-0.25, -0.2) is 15.0 Å². The summed E-state index contributed by atoms with van der Waals surface area (Å²) in [6.45, 7) is 3.06. The van der Waals surface area contributed by atoms with E-state index in [1.165, 1.54) is 6.33 Å². The molecular formula is C14H17N7O2. The van der Waals surface area contributed by atoms with Gasteiger partial charge in [0, 0.05) is 32.4 Å². The molecule has 0 saturated carbocycles. The molecule has 23 heavy (non-hydrogen) atoms. The number of likely N-dealkylation sites (N-methyl/N-ethyl adjacent to an activating group) is 1. The minimum atomic E-state index is -0.446. The van der Waals surface area contributed by atoms with E-state index >= 15 is 0 Å². The van der Waals surface area contributed by atoms with Crippen LogP contribution in [0.15, 0.2) is 30.7 Å². The molecule has 1 N–H and O–H groups in total. The van der Waals surface area contributed by atoms with E-state index in [0.717, 1.165) is 13.1 Å². The highest BCUT2D eigenvalue weighted by atomic mass is 16.6. The second kappa shape index (κ2) is 6.53. The summed E-state index contributed by atoms with van der Waals surface area (Å²) in [6, 6.07) is 5.29. The molecule has 1 fully saturated rings. The van der Waals surface area contributed by atoms with Crippen molar-refractivity contribution >= 4 is 23.1 Å². The number of nitrogens with zero attached hydrogens (tertiary/aromatic N) is 6. The maximum absolute atomic E-state index is 11.6. The number of nitrogens with one attached hydrogen (secondary N) is 1. The maximum atomic E-state index is 11.6. The minimum absolute atomic E-state index is 0.122. The molecular weight excluding hydrogens is 298 g/mol. The van der Waals surface area contributed by atoms with Gasteiger partial charge in [-0.15, -0.1) is 0 Å². The maximum Gasteiger partial charge on any atom is 0.353 e. The van der Waals surface area contributed by atoms with Crippen molar-refractivity contribution in [3.05, 3.63) is 40.8 Å². The minimum Gasteiger partial charge on any atom is -0.348 e. The van der Waals surface area contributed by atoms with Crippen molar-refractivity contribution < 1.29 is 4.92 Å². The van der Waals surface area contributed by atoms with Gasteiger partial charge in [0.2, 0.25) is 11.6 Å². The van der Waals surface area contributed by atoms with E-state index in [1.807, 2.05) is 11.9 Å². The second-order valence-corrected chi connectivity index (χ2v) is 5.28. The fourth-order valence-corrected chi connectivity index (χ4v) is 2.44. The van der Waals surface area contributed by atoms with Crippen LogP contribution in [0.3, 0.4) is 0 Å². The van der Waals surface area contributed by atoms with Gasteiger partial charge in [0.25, 0.3) is 0 Å². The van der Waals surface area contributed by atoms with Crippen LogP contribution < -0.4 is 10.2 Å². The highest BCUT2D eigenvalue weighted by Crippen LogP contribution is 2.33. The van der Waals surface area contributed by atoms with E-state index in [9.17, 15) is 10.1 Å². The van der Waals surface area contributed by atoms with Crippen LogP contribution in [-0.2, 0) is 0 Å². The number of hydrogen-bond donors (Lipinski definition) is 1. The number of rotatable bonds is 4. The quantitative estimate of drug-likeness (QED) is 0.665. The Morgan fingerprint density at radius 2 is 1.96 bits per heavy atom. The van der Waals surface area contributed by atoms with Gasteiger partial charge in [-0.1, -0.05) is 6.07 Å². The molecule has 0 unspecified atom stereocenters. The average molecular weight is 315 g/mol. The standard InChI is InChI=1S/C14H17N7O2/c1-19-6-8-20(9-7-19)14-12(21(22)23)13(16-10-17-14)18-11-4-2-3-5-15-11/h2-5,10H,6-9H2,1H3,(H,15,16,17,18). The summed E-state index contributed by atoms with van der Waals surface area (Å²) in [7, 11) is 2.03. The van der Waals surface area contributed by atoms with Crippen LogP contribution in [0.1, 0.15) is 0 Å². The molecule has 2 aromatic rings. The Morgan fingerprint density at radius 1 is 1.17 bits per heavy atom. The first kappa shape index (κ1) is 15.1. The van der Waals surface area contributed by atoms with Crippen LogP contribution in [0, 0.1) is 10.1 Å². The number of hydrogen-bond acceptors (Lipinski definition) is 8. The van der Waals surface area contributed by atoms with E-state index in [-0.39, 0.29) is 11.5 Å². The lowest BCUT2D eigenvalue weighted by atomic mass is 10.3. The van der Waals surface area contributed by atoms with Crippen molar-refractivity contribution in [2.45, 2.75) is 0 Å². The zero-order valence-corrected chi connectivity index (χ0v) is 12.7. The number of aromatic nitrogens is 3. The lowest BCUT2D eigenvalue weighted by molar-refractivity contribution is -0.383.